The van der Waals surface area contributed by atoms with Gasteiger partial charge in [0.25, 0.3) is 5.91 Å². The van der Waals surface area contributed by atoms with E-state index in [0.717, 1.165) is 22.6 Å². The topological polar surface area (TPSA) is 68.1 Å². The van der Waals surface area contributed by atoms with Crippen LogP contribution in [0.15, 0.2) is 53.4 Å². The molecule has 3 N–H and O–H groups in total. The van der Waals surface area contributed by atoms with Crippen LogP contribution >= 0.6 is 11.8 Å². The monoisotopic (exact) mass is 434 g/mol. The molecule has 0 aliphatic rings. The largest absolute Gasteiger partial charge is 0.416 e. The number of alkyl halides is 3. The Kier molecular flexibility index (Phi) is 6.58. The number of methoxy groups -OCH3 is 1. The van der Waals surface area contributed by atoms with Crippen molar-refractivity contribution in [2.75, 3.05) is 20.0 Å². The number of aromatic amines is 1. The van der Waals surface area contributed by atoms with Gasteiger partial charge in [-0.3, -0.25) is 4.79 Å². The van der Waals surface area contributed by atoms with Gasteiger partial charge in [-0.2, -0.15) is 13.2 Å². The third-order valence-corrected chi connectivity index (χ3v) is 5.49. The van der Waals surface area contributed by atoms with Crippen LogP contribution in [0.1, 0.15) is 21.5 Å². The molecule has 3 aromatic rings. The van der Waals surface area contributed by atoms with Crippen LogP contribution in [0.2, 0.25) is 0 Å². The zero-order valence-electron chi connectivity index (χ0n) is 16.5. The average molecular weight is 434 g/mol. The summed E-state index contributed by atoms with van der Waals surface area (Å²) in [4.78, 5) is 16.6. The number of nitrogens with one attached hydrogen (secondary N) is 1. The van der Waals surface area contributed by atoms with Crippen molar-refractivity contribution in [2.45, 2.75) is 17.5 Å². The number of primary amides is 1. The number of nitrogens with two attached hydrogens (primary N) is 1. The van der Waals surface area contributed by atoms with Crippen molar-refractivity contribution in [3.8, 4) is 22.5 Å². The summed E-state index contributed by atoms with van der Waals surface area (Å²) in [6.07, 6.45) is -2.10. The van der Waals surface area contributed by atoms with E-state index >= 15 is 0 Å². The second-order valence-corrected chi connectivity index (χ2v) is 7.52. The van der Waals surface area contributed by atoms with Gasteiger partial charge >= 0.3 is 6.18 Å². The number of H-pyrrole nitrogens is 1. The maximum Gasteiger partial charge on any atom is 0.416 e. The fourth-order valence-corrected chi connectivity index (χ4v) is 3.79. The molecule has 0 radical (unpaired) electrons. The van der Waals surface area contributed by atoms with Crippen LogP contribution in [0.5, 0.6) is 0 Å². The van der Waals surface area contributed by atoms with E-state index in [9.17, 15) is 18.0 Å². The summed E-state index contributed by atoms with van der Waals surface area (Å²) in [6, 6.07) is 12.4. The normalized spacial score (nSPS) is 11.6. The molecule has 4 nitrogen and oxygen atoms in total. The second kappa shape index (κ2) is 8.97. The van der Waals surface area contributed by atoms with Crippen molar-refractivity contribution in [3.63, 3.8) is 0 Å². The number of thioether (sulfide) groups is 1. The highest BCUT2D eigenvalue weighted by Gasteiger charge is 2.30. The number of benzene rings is 2. The summed E-state index contributed by atoms with van der Waals surface area (Å²) in [5.41, 5.74) is 8.31. The quantitative estimate of drug-likeness (QED) is 0.491. The number of carbonyl (C=O) groups is 1. The summed E-state index contributed by atoms with van der Waals surface area (Å²) < 4.78 is 44.0. The summed E-state index contributed by atoms with van der Waals surface area (Å²) in [5, 5.41) is 0. The van der Waals surface area contributed by atoms with Crippen molar-refractivity contribution in [1.29, 1.82) is 0 Å². The van der Waals surface area contributed by atoms with Crippen LogP contribution in [0.4, 0.5) is 13.2 Å². The SMILES string of the molecule is COCCc1c(-c2ccc(C(F)(F)F)cc2)[nH]c(-c2cccc(SC)c2)c1C(N)=O. The molecule has 8 heteroatoms. The molecule has 158 valence electrons. The Morgan fingerprint density at radius 3 is 2.37 bits per heavy atom. The van der Waals surface area contributed by atoms with E-state index in [2.05, 4.69) is 4.98 Å². The highest BCUT2D eigenvalue weighted by atomic mass is 32.2. The summed E-state index contributed by atoms with van der Waals surface area (Å²) in [6.45, 7) is 0.329. The van der Waals surface area contributed by atoms with Gasteiger partial charge in [0.1, 0.15) is 0 Å². The Morgan fingerprint density at radius 2 is 1.80 bits per heavy atom. The van der Waals surface area contributed by atoms with E-state index in [0.29, 0.717) is 41.1 Å². The smallest absolute Gasteiger partial charge is 0.384 e. The molecule has 3 rings (SSSR count). The molecule has 0 saturated carbocycles. The van der Waals surface area contributed by atoms with E-state index in [1.54, 1.807) is 11.8 Å². The molecule has 0 aliphatic carbocycles. The Morgan fingerprint density at radius 1 is 1.10 bits per heavy atom. The van der Waals surface area contributed by atoms with Gasteiger partial charge in [-0.25, -0.2) is 0 Å². The van der Waals surface area contributed by atoms with Crippen LogP contribution in [0, 0.1) is 0 Å². The van der Waals surface area contributed by atoms with Crippen molar-refractivity contribution in [1.82, 2.24) is 4.98 Å². The van der Waals surface area contributed by atoms with E-state index in [1.807, 2.05) is 30.5 Å². The van der Waals surface area contributed by atoms with Gasteiger partial charge in [-0.15, -0.1) is 11.8 Å². The maximum atomic E-state index is 12.9. The van der Waals surface area contributed by atoms with Crippen molar-refractivity contribution in [2.24, 2.45) is 5.73 Å². The predicted octanol–water partition coefficient (Wildman–Crippen LogP) is 5.38. The number of hydrogen-bond acceptors (Lipinski definition) is 3. The van der Waals surface area contributed by atoms with Crippen LogP contribution in [0.3, 0.4) is 0 Å². The molecule has 0 atom stereocenters. The molecular formula is C22H21F3N2O2S. The first-order chi connectivity index (χ1) is 14.3. The van der Waals surface area contributed by atoms with E-state index < -0.39 is 17.6 Å². The number of hydrogen-bond donors (Lipinski definition) is 2. The number of carbonyl (C=O) groups excluding carboxylic acids is 1. The van der Waals surface area contributed by atoms with Gasteiger partial charge in [-0.05, 0) is 53.6 Å². The number of amides is 1. The fraction of sp³-hybridized carbons (Fsp3) is 0.227. The zero-order chi connectivity index (χ0) is 21.9. The molecule has 1 heterocycles. The Bertz CT molecular complexity index is 1040. The van der Waals surface area contributed by atoms with Crippen LogP contribution in [-0.4, -0.2) is 30.9 Å². The third kappa shape index (κ3) is 4.55. The van der Waals surface area contributed by atoms with Crippen molar-refractivity contribution < 1.29 is 22.7 Å². The molecule has 0 spiro atoms. The third-order valence-electron chi connectivity index (χ3n) is 4.77. The molecule has 0 aliphatic heterocycles. The van der Waals surface area contributed by atoms with E-state index in [1.165, 1.54) is 19.2 Å². The zero-order valence-corrected chi connectivity index (χ0v) is 17.3. The Hall–Kier alpha value is -2.71. The standard InChI is InChI=1S/C22H21F3N2O2S/c1-29-11-10-17-18(21(26)28)20(14-4-3-5-16(12-14)30-2)27-19(17)13-6-8-15(9-7-13)22(23,24)25/h3-9,12,27H,10-11H2,1-2H3,(H2,26,28). The minimum atomic E-state index is -4.42. The van der Waals surface area contributed by atoms with Crippen molar-refractivity contribution in [3.05, 3.63) is 65.2 Å². The molecule has 0 unspecified atom stereocenters. The Balaban J connectivity index is 2.20. The lowest BCUT2D eigenvalue weighted by Crippen LogP contribution is -2.14. The first-order valence-electron chi connectivity index (χ1n) is 9.12. The minimum Gasteiger partial charge on any atom is -0.384 e. The van der Waals surface area contributed by atoms with Gasteiger partial charge in [0.05, 0.1) is 23.4 Å². The van der Waals surface area contributed by atoms with Gasteiger partial charge in [0.2, 0.25) is 0 Å². The fourth-order valence-electron chi connectivity index (χ4n) is 3.33. The molecule has 0 saturated heterocycles. The predicted molar refractivity (Wildman–Crippen MR) is 113 cm³/mol. The minimum absolute atomic E-state index is 0.320. The number of rotatable bonds is 7. The number of ether oxygens (including phenoxy) is 1. The lowest BCUT2D eigenvalue weighted by atomic mass is 9.98. The first-order valence-corrected chi connectivity index (χ1v) is 10.3. The van der Waals surface area contributed by atoms with Crippen LogP contribution in [0.25, 0.3) is 22.5 Å². The molecule has 30 heavy (non-hydrogen) atoms. The van der Waals surface area contributed by atoms with Crippen molar-refractivity contribution >= 4 is 17.7 Å². The summed E-state index contributed by atoms with van der Waals surface area (Å²) in [7, 11) is 1.54. The summed E-state index contributed by atoms with van der Waals surface area (Å²) >= 11 is 1.56. The summed E-state index contributed by atoms with van der Waals surface area (Å²) in [5.74, 6) is -0.611. The van der Waals surface area contributed by atoms with Gasteiger partial charge in [0.15, 0.2) is 0 Å². The van der Waals surface area contributed by atoms with Gasteiger partial charge in [0, 0.05) is 17.7 Å². The molecule has 2 aromatic carbocycles. The van der Waals surface area contributed by atoms with Crippen LogP contribution < -0.4 is 5.73 Å². The first kappa shape index (κ1) is 22.0. The highest BCUT2D eigenvalue weighted by Crippen LogP contribution is 2.37. The maximum absolute atomic E-state index is 12.9. The van der Waals surface area contributed by atoms with E-state index in [4.69, 9.17) is 10.5 Å². The lowest BCUT2D eigenvalue weighted by Gasteiger charge is -2.09. The van der Waals surface area contributed by atoms with Gasteiger partial charge in [-0.1, -0.05) is 24.3 Å². The number of halogens is 3. The molecule has 1 aromatic heterocycles. The van der Waals surface area contributed by atoms with Gasteiger partial charge < -0.3 is 15.5 Å². The van der Waals surface area contributed by atoms with E-state index in [-0.39, 0.29) is 0 Å². The molecule has 1 amide bonds. The Labute approximate surface area is 176 Å². The second-order valence-electron chi connectivity index (χ2n) is 6.64. The average Bonchev–Trinajstić information content (AvgIpc) is 3.11. The molecule has 0 bridgehead atoms. The molecular weight excluding hydrogens is 413 g/mol. The molecule has 0 fully saturated rings. The number of aromatic nitrogens is 1. The lowest BCUT2D eigenvalue weighted by molar-refractivity contribution is -0.137. The van der Waals surface area contributed by atoms with Crippen LogP contribution in [-0.2, 0) is 17.3 Å². The highest BCUT2D eigenvalue weighted by molar-refractivity contribution is 7.98.